The topological polar surface area (TPSA) is 37.3 Å². The number of aryl methyl sites for hydroxylation is 1. The van der Waals surface area contributed by atoms with Crippen molar-refractivity contribution < 1.29 is 9.32 Å². The van der Waals surface area contributed by atoms with Gasteiger partial charge < -0.3 is 0 Å². The summed E-state index contributed by atoms with van der Waals surface area (Å²) in [6, 6.07) is 17.6. The van der Waals surface area contributed by atoms with Crippen LogP contribution < -0.4 is 4.46 Å². The number of rotatable bonds is 6. The second-order valence-electron chi connectivity index (χ2n) is 5.97. The van der Waals surface area contributed by atoms with Gasteiger partial charge in [-0.25, -0.2) is 0 Å². The van der Waals surface area contributed by atoms with Gasteiger partial charge in [-0.05, 0) is 0 Å². The van der Waals surface area contributed by atoms with Crippen molar-refractivity contribution in [3.63, 3.8) is 0 Å². The third kappa shape index (κ3) is 4.65. The van der Waals surface area contributed by atoms with E-state index >= 15 is 0 Å². The van der Waals surface area contributed by atoms with Crippen LogP contribution in [-0.4, -0.2) is 30.4 Å². The van der Waals surface area contributed by atoms with Gasteiger partial charge in [0.1, 0.15) is 0 Å². The molecule has 0 fully saturated rings. The van der Waals surface area contributed by atoms with Crippen molar-refractivity contribution in [3.8, 4) is 0 Å². The number of hydrogen-bond donors (Lipinski definition) is 1. The van der Waals surface area contributed by atoms with Gasteiger partial charge in [0, 0.05) is 0 Å². The molecule has 0 aliphatic rings. The molecule has 2 aromatic rings. The van der Waals surface area contributed by atoms with Crippen molar-refractivity contribution in [3.05, 3.63) is 71.6 Å². The van der Waals surface area contributed by atoms with Crippen LogP contribution in [0.1, 0.15) is 19.4 Å². The van der Waals surface area contributed by atoms with Gasteiger partial charge in [0.2, 0.25) is 0 Å². The summed E-state index contributed by atoms with van der Waals surface area (Å²) in [5.74, 6) is 0. The maximum absolute atomic E-state index is 12.7. The molecule has 0 aliphatic heterocycles. The number of hydrogen-bond acceptors (Lipinski definition) is 2. The first-order valence-corrected chi connectivity index (χ1v) is 10.3. The van der Waals surface area contributed by atoms with Crippen LogP contribution in [0, 0.1) is 6.92 Å². The van der Waals surface area contributed by atoms with E-state index < -0.39 is 16.9 Å². The SMILES string of the molecule is C=C(C(O)C(C)(C)[Se]c1ccccc1)S(=O)c1ccc(C)cc1. The van der Waals surface area contributed by atoms with Crippen molar-refractivity contribution in [2.24, 2.45) is 0 Å². The van der Waals surface area contributed by atoms with Gasteiger partial charge in [0.25, 0.3) is 0 Å². The Morgan fingerprint density at radius 2 is 1.70 bits per heavy atom. The molecule has 0 saturated heterocycles. The Bertz CT molecular complexity index is 693. The van der Waals surface area contributed by atoms with Crippen molar-refractivity contribution in [1.29, 1.82) is 0 Å². The molecule has 1 N–H and O–H groups in total. The van der Waals surface area contributed by atoms with Crippen molar-refractivity contribution in [1.82, 2.24) is 0 Å². The minimum atomic E-state index is -1.41. The summed E-state index contributed by atoms with van der Waals surface area (Å²) in [6.45, 7) is 9.91. The van der Waals surface area contributed by atoms with Gasteiger partial charge in [-0.2, -0.15) is 0 Å². The van der Waals surface area contributed by atoms with Gasteiger partial charge in [-0.15, -0.1) is 0 Å². The molecule has 0 amide bonds. The van der Waals surface area contributed by atoms with Gasteiger partial charge in [0.15, 0.2) is 0 Å². The fraction of sp³-hybridized carbons (Fsp3) is 0.263. The van der Waals surface area contributed by atoms with Crippen LogP contribution in [0.3, 0.4) is 0 Å². The molecule has 0 saturated carbocycles. The molecule has 0 aromatic heterocycles. The fourth-order valence-corrected chi connectivity index (χ4v) is 5.92. The summed E-state index contributed by atoms with van der Waals surface area (Å²) in [7, 11) is -1.41. The zero-order chi connectivity index (χ0) is 17.0. The second-order valence-corrected chi connectivity index (χ2v) is 11.1. The molecule has 4 heteroatoms. The van der Waals surface area contributed by atoms with Crippen LogP contribution in [0.5, 0.6) is 0 Å². The molecule has 2 unspecified atom stereocenters. The standard InChI is InChI=1S/C19H22O2SSe/c1-14-10-12-16(13-11-14)22(21)15(2)18(20)19(3,4)23-17-8-6-5-7-9-17/h5-13,18,20H,2H2,1,3-4H3. The molecule has 0 heterocycles. The summed E-state index contributed by atoms with van der Waals surface area (Å²) < 4.78 is 13.5. The Balaban J connectivity index is 2.14. The first kappa shape index (κ1) is 18.2. The number of aliphatic hydroxyl groups excluding tert-OH is 1. The molecule has 0 radical (unpaired) electrons. The minimum absolute atomic E-state index is 0.0497. The van der Waals surface area contributed by atoms with Gasteiger partial charge in [-0.1, -0.05) is 0 Å². The normalized spacial score (nSPS) is 14.3. The summed E-state index contributed by atoms with van der Waals surface area (Å²) in [4.78, 5) is 1.05. The number of benzene rings is 2. The van der Waals surface area contributed by atoms with Crippen molar-refractivity contribution >= 4 is 30.2 Å². The first-order valence-electron chi connectivity index (χ1n) is 7.40. The van der Waals surface area contributed by atoms with E-state index in [9.17, 15) is 9.32 Å². The molecule has 23 heavy (non-hydrogen) atoms. The van der Waals surface area contributed by atoms with Crippen LogP contribution in [-0.2, 0) is 10.8 Å². The Morgan fingerprint density at radius 3 is 2.26 bits per heavy atom. The zero-order valence-electron chi connectivity index (χ0n) is 13.7. The third-order valence-electron chi connectivity index (χ3n) is 3.56. The van der Waals surface area contributed by atoms with Crippen LogP contribution in [0.25, 0.3) is 0 Å². The summed E-state index contributed by atoms with van der Waals surface area (Å²) >= 11 is 0.0497. The summed E-state index contributed by atoms with van der Waals surface area (Å²) in [5, 5.41) is 10.7. The quantitative estimate of drug-likeness (QED) is 0.766. The Morgan fingerprint density at radius 1 is 1.13 bits per heavy atom. The maximum atomic E-state index is 12.7. The van der Waals surface area contributed by atoms with Crippen molar-refractivity contribution in [2.75, 3.05) is 0 Å². The Hall–Kier alpha value is -1.19. The molecular formula is C19H22O2SSe. The second kappa shape index (κ2) is 7.59. The average Bonchev–Trinajstić information content (AvgIpc) is 2.54. The molecule has 0 spiro atoms. The molecule has 0 aliphatic carbocycles. The molecule has 2 atom stereocenters. The summed E-state index contributed by atoms with van der Waals surface area (Å²) in [5.41, 5.74) is 1.12. The van der Waals surface area contributed by atoms with Gasteiger partial charge in [0.05, 0.1) is 0 Å². The molecule has 2 rings (SSSR count). The van der Waals surface area contributed by atoms with E-state index in [-0.39, 0.29) is 19.3 Å². The van der Waals surface area contributed by atoms with Crippen LogP contribution in [0.4, 0.5) is 0 Å². The molecule has 0 bridgehead atoms. The predicted octanol–water partition coefficient (Wildman–Crippen LogP) is 3.21. The first-order chi connectivity index (χ1) is 10.8. The van der Waals surface area contributed by atoms with Gasteiger partial charge in [-0.3, -0.25) is 0 Å². The van der Waals surface area contributed by atoms with Crippen LogP contribution in [0.15, 0.2) is 71.0 Å². The zero-order valence-corrected chi connectivity index (χ0v) is 16.2. The third-order valence-corrected chi connectivity index (χ3v) is 7.60. The van der Waals surface area contributed by atoms with E-state index in [2.05, 4.69) is 18.7 Å². The van der Waals surface area contributed by atoms with Crippen molar-refractivity contribution in [2.45, 2.75) is 36.1 Å². The molecular weight excluding hydrogens is 371 g/mol. The predicted molar refractivity (Wildman–Crippen MR) is 98.6 cm³/mol. The van der Waals surface area contributed by atoms with E-state index in [1.54, 1.807) is 0 Å². The van der Waals surface area contributed by atoms with E-state index in [1.165, 1.54) is 4.46 Å². The van der Waals surface area contributed by atoms with Gasteiger partial charge >= 0.3 is 147 Å². The Kier molecular flexibility index (Phi) is 5.99. The van der Waals surface area contributed by atoms with Crippen LogP contribution in [0.2, 0.25) is 4.31 Å². The van der Waals surface area contributed by atoms with E-state index in [1.807, 2.05) is 63.2 Å². The number of aliphatic hydroxyl groups is 1. The monoisotopic (exact) mass is 394 g/mol. The van der Waals surface area contributed by atoms with E-state index in [0.29, 0.717) is 9.80 Å². The molecule has 122 valence electrons. The van der Waals surface area contributed by atoms with E-state index in [4.69, 9.17) is 0 Å². The van der Waals surface area contributed by atoms with E-state index in [0.717, 1.165) is 5.56 Å². The van der Waals surface area contributed by atoms with Crippen LogP contribution >= 0.6 is 0 Å². The average molecular weight is 393 g/mol. The Labute approximate surface area is 147 Å². The molecule has 2 nitrogen and oxygen atoms in total. The molecule has 2 aromatic carbocycles. The fourth-order valence-electron chi connectivity index (χ4n) is 2.15. The summed E-state index contributed by atoms with van der Waals surface area (Å²) in [6.07, 6.45) is -0.815.